The molecule has 2 aromatic carbocycles. The maximum Gasteiger partial charge on any atom is 0.338 e. The first kappa shape index (κ1) is 17.6. The molecule has 3 aromatic rings. The van der Waals surface area contributed by atoms with E-state index in [0.717, 1.165) is 5.56 Å². The van der Waals surface area contributed by atoms with E-state index in [4.69, 9.17) is 16.3 Å². The highest BCUT2D eigenvalue weighted by molar-refractivity contribution is 6.31. The third kappa shape index (κ3) is 4.04. The number of aromatic nitrogens is 4. The highest BCUT2D eigenvalue weighted by atomic mass is 35.5. The zero-order valence-electron chi connectivity index (χ0n) is 13.7. The Morgan fingerprint density at radius 1 is 1.19 bits per heavy atom. The highest BCUT2D eigenvalue weighted by Crippen LogP contribution is 2.22. The van der Waals surface area contributed by atoms with Crippen molar-refractivity contribution in [2.75, 3.05) is 11.9 Å². The van der Waals surface area contributed by atoms with Gasteiger partial charge in [-0.1, -0.05) is 17.7 Å². The second kappa shape index (κ2) is 7.75. The second-order valence-corrected chi connectivity index (χ2v) is 5.75. The molecule has 0 aliphatic heterocycles. The molecule has 1 aromatic heterocycles. The minimum Gasteiger partial charge on any atom is -0.452 e. The molecular weight excluding hydrogens is 358 g/mol. The molecule has 1 heterocycles. The zero-order valence-corrected chi connectivity index (χ0v) is 14.5. The van der Waals surface area contributed by atoms with Crippen LogP contribution >= 0.6 is 11.6 Å². The molecule has 0 unspecified atom stereocenters. The summed E-state index contributed by atoms with van der Waals surface area (Å²) in [7, 11) is 0. The van der Waals surface area contributed by atoms with Crippen molar-refractivity contribution in [3.05, 3.63) is 64.9 Å². The van der Waals surface area contributed by atoms with Crippen molar-refractivity contribution >= 4 is 29.2 Å². The van der Waals surface area contributed by atoms with E-state index in [1.165, 1.54) is 11.0 Å². The molecule has 9 heteroatoms. The first-order chi connectivity index (χ1) is 12.5. The van der Waals surface area contributed by atoms with Crippen molar-refractivity contribution in [1.82, 2.24) is 20.2 Å². The predicted molar refractivity (Wildman–Crippen MR) is 94.3 cm³/mol. The average Bonchev–Trinajstić information content (AvgIpc) is 3.18. The van der Waals surface area contributed by atoms with Crippen LogP contribution in [0.25, 0.3) is 5.69 Å². The summed E-state index contributed by atoms with van der Waals surface area (Å²) < 4.78 is 6.49. The Balaban J connectivity index is 1.56. The molecule has 0 spiro atoms. The Morgan fingerprint density at radius 3 is 2.65 bits per heavy atom. The number of nitrogens with one attached hydrogen (secondary N) is 1. The van der Waals surface area contributed by atoms with Gasteiger partial charge in [0.15, 0.2) is 6.61 Å². The van der Waals surface area contributed by atoms with Gasteiger partial charge in [-0.05, 0) is 59.3 Å². The van der Waals surface area contributed by atoms with Crippen LogP contribution in [0, 0.1) is 6.92 Å². The minimum atomic E-state index is -0.605. The van der Waals surface area contributed by atoms with Gasteiger partial charge in [0.1, 0.15) is 6.33 Å². The fraction of sp³-hybridized carbons (Fsp3) is 0.118. The fourth-order valence-electron chi connectivity index (χ4n) is 2.17. The minimum absolute atomic E-state index is 0.313. The van der Waals surface area contributed by atoms with E-state index in [1.54, 1.807) is 49.4 Å². The van der Waals surface area contributed by atoms with E-state index < -0.39 is 18.5 Å². The van der Waals surface area contributed by atoms with E-state index in [9.17, 15) is 9.59 Å². The number of tetrazole rings is 1. The summed E-state index contributed by atoms with van der Waals surface area (Å²) in [6, 6.07) is 11.6. The van der Waals surface area contributed by atoms with E-state index in [2.05, 4.69) is 20.8 Å². The highest BCUT2D eigenvalue weighted by Gasteiger charge is 2.12. The van der Waals surface area contributed by atoms with Crippen molar-refractivity contribution < 1.29 is 14.3 Å². The Kier molecular flexibility index (Phi) is 5.23. The third-order valence-electron chi connectivity index (χ3n) is 3.59. The van der Waals surface area contributed by atoms with Crippen molar-refractivity contribution in [3.8, 4) is 5.69 Å². The lowest BCUT2D eigenvalue weighted by molar-refractivity contribution is -0.119. The number of carbonyl (C=O) groups excluding carboxylic acids is 2. The summed E-state index contributed by atoms with van der Waals surface area (Å²) in [5.74, 6) is -1.06. The normalized spacial score (nSPS) is 10.4. The van der Waals surface area contributed by atoms with Gasteiger partial charge in [-0.3, -0.25) is 4.79 Å². The van der Waals surface area contributed by atoms with Gasteiger partial charge in [-0.25, -0.2) is 9.48 Å². The van der Waals surface area contributed by atoms with Crippen LogP contribution in [-0.4, -0.2) is 38.7 Å². The van der Waals surface area contributed by atoms with Crippen molar-refractivity contribution in [1.29, 1.82) is 0 Å². The Hall–Kier alpha value is -3.26. The molecular formula is C17H14ClN5O3. The van der Waals surface area contributed by atoms with Crippen LogP contribution in [0.1, 0.15) is 15.9 Å². The van der Waals surface area contributed by atoms with E-state index >= 15 is 0 Å². The van der Waals surface area contributed by atoms with Gasteiger partial charge >= 0.3 is 5.97 Å². The molecule has 0 saturated carbocycles. The third-order valence-corrected chi connectivity index (χ3v) is 4.00. The van der Waals surface area contributed by atoms with Gasteiger partial charge in [0.25, 0.3) is 5.91 Å². The number of anilines is 1. The summed E-state index contributed by atoms with van der Waals surface area (Å²) in [5, 5.41) is 14.0. The number of halogens is 1. The van der Waals surface area contributed by atoms with Crippen molar-refractivity contribution in [2.24, 2.45) is 0 Å². The monoisotopic (exact) mass is 371 g/mol. The van der Waals surface area contributed by atoms with Crippen LogP contribution in [0.5, 0.6) is 0 Å². The van der Waals surface area contributed by atoms with Gasteiger partial charge < -0.3 is 10.1 Å². The first-order valence-corrected chi connectivity index (χ1v) is 7.98. The molecule has 0 bridgehead atoms. The standard InChI is InChI=1S/C17H14ClN5O3/c1-11-14(18)3-2-4-15(11)20-16(24)9-26-17(25)12-5-7-13(8-6-12)23-10-19-21-22-23/h2-8,10H,9H2,1H3,(H,20,24). The molecule has 8 nitrogen and oxygen atoms in total. The van der Waals surface area contributed by atoms with Crippen LogP contribution < -0.4 is 5.32 Å². The lowest BCUT2D eigenvalue weighted by Gasteiger charge is -2.10. The lowest BCUT2D eigenvalue weighted by Crippen LogP contribution is -2.21. The Morgan fingerprint density at radius 2 is 1.96 bits per heavy atom. The number of ether oxygens (including phenoxy) is 1. The molecule has 0 radical (unpaired) electrons. The van der Waals surface area contributed by atoms with Crippen LogP contribution in [0.2, 0.25) is 5.02 Å². The molecule has 0 aliphatic rings. The van der Waals surface area contributed by atoms with Crippen molar-refractivity contribution in [2.45, 2.75) is 6.92 Å². The number of rotatable bonds is 5. The molecule has 0 fully saturated rings. The number of amides is 1. The van der Waals surface area contributed by atoms with E-state index in [-0.39, 0.29) is 0 Å². The SMILES string of the molecule is Cc1c(Cl)cccc1NC(=O)COC(=O)c1ccc(-n2cnnn2)cc1. The predicted octanol–water partition coefficient (Wildman–Crippen LogP) is 2.42. The van der Waals surface area contributed by atoms with Crippen LogP contribution in [0.15, 0.2) is 48.8 Å². The number of esters is 1. The smallest absolute Gasteiger partial charge is 0.338 e. The molecule has 3 rings (SSSR count). The largest absolute Gasteiger partial charge is 0.452 e. The molecule has 26 heavy (non-hydrogen) atoms. The van der Waals surface area contributed by atoms with E-state index in [1.807, 2.05) is 0 Å². The molecule has 132 valence electrons. The number of nitrogens with zero attached hydrogens (tertiary/aromatic N) is 4. The molecule has 0 saturated heterocycles. The molecule has 1 N–H and O–H groups in total. The Bertz CT molecular complexity index is 926. The summed E-state index contributed by atoms with van der Waals surface area (Å²) in [4.78, 5) is 24.0. The lowest BCUT2D eigenvalue weighted by atomic mass is 10.2. The van der Waals surface area contributed by atoms with E-state index in [0.29, 0.717) is 22.0 Å². The number of carbonyl (C=O) groups is 2. The van der Waals surface area contributed by atoms with Gasteiger partial charge in [0.2, 0.25) is 0 Å². The Labute approximate surface area is 153 Å². The molecule has 0 atom stereocenters. The first-order valence-electron chi connectivity index (χ1n) is 7.60. The quantitative estimate of drug-likeness (QED) is 0.691. The fourth-order valence-corrected chi connectivity index (χ4v) is 2.35. The number of hydrogen-bond acceptors (Lipinski definition) is 6. The number of benzene rings is 2. The van der Waals surface area contributed by atoms with Gasteiger partial charge in [0.05, 0.1) is 11.3 Å². The van der Waals surface area contributed by atoms with Crippen LogP contribution in [-0.2, 0) is 9.53 Å². The second-order valence-electron chi connectivity index (χ2n) is 5.34. The van der Waals surface area contributed by atoms with Gasteiger partial charge in [-0.2, -0.15) is 0 Å². The number of hydrogen-bond donors (Lipinski definition) is 1. The van der Waals surface area contributed by atoms with Gasteiger partial charge in [-0.15, -0.1) is 5.10 Å². The van der Waals surface area contributed by atoms with Crippen LogP contribution in [0.4, 0.5) is 5.69 Å². The van der Waals surface area contributed by atoms with Crippen molar-refractivity contribution in [3.63, 3.8) is 0 Å². The maximum atomic E-state index is 12.0. The zero-order chi connectivity index (χ0) is 18.5. The summed E-state index contributed by atoms with van der Waals surface area (Å²) >= 11 is 6.00. The van der Waals surface area contributed by atoms with Crippen LogP contribution in [0.3, 0.4) is 0 Å². The average molecular weight is 372 g/mol. The summed E-state index contributed by atoms with van der Waals surface area (Å²) in [6.45, 7) is 1.38. The maximum absolute atomic E-state index is 12.0. The summed E-state index contributed by atoms with van der Waals surface area (Å²) in [6.07, 6.45) is 1.44. The molecule has 1 amide bonds. The van der Waals surface area contributed by atoms with Gasteiger partial charge in [0, 0.05) is 10.7 Å². The summed E-state index contributed by atoms with van der Waals surface area (Å²) in [5.41, 5.74) is 2.32. The molecule has 0 aliphatic carbocycles. The topological polar surface area (TPSA) is 99.0 Å².